The van der Waals surface area contributed by atoms with Crippen molar-refractivity contribution in [2.45, 2.75) is 6.92 Å². The van der Waals surface area contributed by atoms with Gasteiger partial charge in [-0.3, -0.25) is 9.59 Å². The minimum atomic E-state index is -0.507. The lowest BCUT2D eigenvalue weighted by molar-refractivity contribution is -0.113. The highest BCUT2D eigenvalue weighted by atomic mass is 16.6. The summed E-state index contributed by atoms with van der Waals surface area (Å²) >= 11 is 0. The Morgan fingerprint density at radius 1 is 1.13 bits per heavy atom. The van der Waals surface area contributed by atoms with Gasteiger partial charge in [0.1, 0.15) is 13.2 Å². The average molecular weight is 206 g/mol. The predicted molar refractivity (Wildman–Crippen MR) is 52.4 cm³/mol. The van der Waals surface area contributed by atoms with E-state index in [0.717, 1.165) is 0 Å². The number of hydrogen-bond acceptors (Lipinski definition) is 4. The molecule has 1 aromatic rings. The van der Waals surface area contributed by atoms with Crippen LogP contribution in [0.5, 0.6) is 11.5 Å². The zero-order valence-corrected chi connectivity index (χ0v) is 8.28. The zero-order chi connectivity index (χ0) is 10.8. The molecule has 1 aliphatic rings. The molecule has 0 fully saturated rings. The second kappa shape index (κ2) is 3.73. The quantitative estimate of drug-likeness (QED) is 0.539. The van der Waals surface area contributed by atoms with Crippen molar-refractivity contribution in [3.63, 3.8) is 0 Å². The van der Waals surface area contributed by atoms with Gasteiger partial charge in [0.15, 0.2) is 17.3 Å². The Kier molecular flexibility index (Phi) is 2.41. The maximum Gasteiger partial charge on any atom is 0.228 e. The van der Waals surface area contributed by atoms with E-state index >= 15 is 0 Å². The Balaban J connectivity index is 2.36. The fourth-order valence-corrected chi connectivity index (χ4v) is 1.39. The van der Waals surface area contributed by atoms with Gasteiger partial charge in [0.05, 0.1) is 0 Å². The summed E-state index contributed by atoms with van der Waals surface area (Å²) in [5.74, 6) is 0.147. The van der Waals surface area contributed by atoms with Crippen LogP contribution in [0.1, 0.15) is 17.3 Å². The van der Waals surface area contributed by atoms with Crippen molar-refractivity contribution >= 4 is 11.6 Å². The largest absolute Gasteiger partial charge is 0.486 e. The molecule has 0 aromatic heterocycles. The van der Waals surface area contributed by atoms with Crippen LogP contribution >= 0.6 is 0 Å². The Bertz CT molecular complexity index is 423. The Labute approximate surface area is 86.8 Å². The van der Waals surface area contributed by atoms with Crippen LogP contribution in [0.2, 0.25) is 0 Å². The van der Waals surface area contributed by atoms with Gasteiger partial charge < -0.3 is 9.47 Å². The minimum absolute atomic E-state index is 0.340. The topological polar surface area (TPSA) is 52.6 Å². The average Bonchev–Trinajstić information content (AvgIpc) is 2.27. The third-order valence-electron chi connectivity index (χ3n) is 2.12. The summed E-state index contributed by atoms with van der Waals surface area (Å²) in [7, 11) is 0. The molecule has 0 aliphatic carbocycles. The predicted octanol–water partition coefficient (Wildman–Crippen LogP) is 1.23. The van der Waals surface area contributed by atoms with Gasteiger partial charge in [0.25, 0.3) is 0 Å². The summed E-state index contributed by atoms with van der Waals surface area (Å²) < 4.78 is 10.6. The van der Waals surface area contributed by atoms with Gasteiger partial charge in [-0.1, -0.05) is 0 Å². The van der Waals surface area contributed by atoms with Gasteiger partial charge in [0, 0.05) is 12.5 Å². The molecular formula is C11H10O4. The molecule has 1 aliphatic heterocycles. The Morgan fingerprint density at radius 2 is 1.80 bits per heavy atom. The summed E-state index contributed by atoms with van der Waals surface area (Å²) in [4.78, 5) is 22.3. The number of ether oxygens (including phenoxy) is 2. The fourth-order valence-electron chi connectivity index (χ4n) is 1.39. The summed E-state index contributed by atoms with van der Waals surface area (Å²) in [6.07, 6.45) is 0. The molecule has 1 aromatic carbocycles. The van der Waals surface area contributed by atoms with Crippen LogP contribution in [0.25, 0.3) is 0 Å². The third-order valence-corrected chi connectivity index (χ3v) is 2.12. The van der Waals surface area contributed by atoms with Crippen LogP contribution in [-0.2, 0) is 4.79 Å². The number of carbonyl (C=O) groups is 2. The summed E-state index contributed by atoms with van der Waals surface area (Å²) in [5.41, 5.74) is 0.340. The second-order valence-electron chi connectivity index (χ2n) is 3.24. The molecule has 1 heterocycles. The lowest BCUT2D eigenvalue weighted by Crippen LogP contribution is -2.16. The van der Waals surface area contributed by atoms with Crippen molar-refractivity contribution in [1.29, 1.82) is 0 Å². The fraction of sp³-hybridized carbons (Fsp3) is 0.273. The van der Waals surface area contributed by atoms with Gasteiger partial charge in [-0.25, -0.2) is 0 Å². The lowest BCUT2D eigenvalue weighted by Gasteiger charge is -2.18. The molecule has 0 bridgehead atoms. The first-order valence-electron chi connectivity index (χ1n) is 4.63. The SMILES string of the molecule is CC(=O)C(=O)c1ccc2c(c1)OCCO2. The maximum atomic E-state index is 11.4. The molecule has 15 heavy (non-hydrogen) atoms. The monoisotopic (exact) mass is 206 g/mol. The van der Waals surface area contributed by atoms with Gasteiger partial charge >= 0.3 is 0 Å². The molecule has 0 amide bonds. The van der Waals surface area contributed by atoms with Crippen LogP contribution in [0.4, 0.5) is 0 Å². The van der Waals surface area contributed by atoms with E-state index in [4.69, 9.17) is 9.47 Å². The smallest absolute Gasteiger partial charge is 0.228 e. The van der Waals surface area contributed by atoms with E-state index in [1.54, 1.807) is 12.1 Å². The molecular weight excluding hydrogens is 196 g/mol. The van der Waals surface area contributed by atoms with Crippen molar-refractivity contribution < 1.29 is 19.1 Å². The normalized spacial score (nSPS) is 13.4. The maximum absolute atomic E-state index is 11.4. The van der Waals surface area contributed by atoms with Gasteiger partial charge in [-0.15, -0.1) is 0 Å². The number of rotatable bonds is 2. The first kappa shape index (κ1) is 9.71. The summed E-state index contributed by atoms with van der Waals surface area (Å²) in [6, 6.07) is 4.75. The van der Waals surface area contributed by atoms with E-state index in [1.165, 1.54) is 13.0 Å². The van der Waals surface area contributed by atoms with E-state index in [9.17, 15) is 9.59 Å². The number of hydrogen-bond donors (Lipinski definition) is 0. The van der Waals surface area contributed by atoms with Crippen LogP contribution < -0.4 is 9.47 Å². The number of carbonyl (C=O) groups excluding carboxylic acids is 2. The van der Waals surface area contributed by atoms with Crippen LogP contribution in [-0.4, -0.2) is 24.8 Å². The Hall–Kier alpha value is -1.84. The van der Waals surface area contributed by atoms with E-state index in [0.29, 0.717) is 30.3 Å². The Morgan fingerprint density at radius 3 is 2.47 bits per heavy atom. The number of fused-ring (bicyclic) bond motifs is 1. The van der Waals surface area contributed by atoms with Crippen molar-refractivity contribution in [1.82, 2.24) is 0 Å². The van der Waals surface area contributed by atoms with Gasteiger partial charge in [0.2, 0.25) is 5.78 Å². The van der Waals surface area contributed by atoms with Crippen molar-refractivity contribution in [2.75, 3.05) is 13.2 Å². The molecule has 0 saturated heterocycles. The van der Waals surface area contributed by atoms with Gasteiger partial charge in [-0.05, 0) is 18.2 Å². The molecule has 0 radical (unpaired) electrons. The second-order valence-corrected chi connectivity index (χ2v) is 3.24. The summed E-state index contributed by atoms with van der Waals surface area (Å²) in [6.45, 7) is 2.22. The molecule has 4 heteroatoms. The molecule has 78 valence electrons. The van der Waals surface area contributed by atoms with Crippen LogP contribution in [0, 0.1) is 0 Å². The molecule has 4 nitrogen and oxygen atoms in total. The van der Waals surface area contributed by atoms with Crippen molar-refractivity contribution in [3.8, 4) is 11.5 Å². The first-order valence-corrected chi connectivity index (χ1v) is 4.63. The first-order chi connectivity index (χ1) is 7.18. The standard InChI is InChI=1S/C11H10O4/c1-7(12)11(13)8-2-3-9-10(6-8)15-5-4-14-9/h2-3,6H,4-5H2,1H3. The van der Waals surface area contributed by atoms with Crippen LogP contribution in [0.3, 0.4) is 0 Å². The molecule has 0 N–H and O–H groups in total. The summed E-state index contributed by atoms with van der Waals surface area (Å²) in [5, 5.41) is 0. The molecule has 0 saturated carbocycles. The van der Waals surface area contributed by atoms with E-state index in [-0.39, 0.29) is 0 Å². The number of ketones is 2. The van der Waals surface area contributed by atoms with Gasteiger partial charge in [-0.2, -0.15) is 0 Å². The zero-order valence-electron chi connectivity index (χ0n) is 8.28. The van der Waals surface area contributed by atoms with Crippen LogP contribution in [0.15, 0.2) is 18.2 Å². The molecule has 0 spiro atoms. The molecule has 2 rings (SSSR count). The minimum Gasteiger partial charge on any atom is -0.486 e. The molecule has 0 unspecified atom stereocenters. The highest BCUT2D eigenvalue weighted by Crippen LogP contribution is 2.30. The van der Waals surface area contributed by atoms with Crippen molar-refractivity contribution in [2.24, 2.45) is 0 Å². The number of benzene rings is 1. The number of Topliss-reactive ketones (excluding diaryl/α,β-unsaturated/α-hetero) is 2. The highest BCUT2D eigenvalue weighted by molar-refractivity contribution is 6.42. The molecule has 0 atom stereocenters. The highest BCUT2D eigenvalue weighted by Gasteiger charge is 2.16. The van der Waals surface area contributed by atoms with Crippen molar-refractivity contribution in [3.05, 3.63) is 23.8 Å². The van der Waals surface area contributed by atoms with E-state index < -0.39 is 11.6 Å². The van der Waals surface area contributed by atoms with E-state index in [1.807, 2.05) is 0 Å². The third kappa shape index (κ3) is 1.83. The lowest BCUT2D eigenvalue weighted by atomic mass is 10.1. The van der Waals surface area contributed by atoms with E-state index in [2.05, 4.69) is 0 Å².